The Bertz CT molecular complexity index is 148. The first-order valence-corrected chi connectivity index (χ1v) is 3.84. The summed E-state index contributed by atoms with van der Waals surface area (Å²) in [7, 11) is 0. The van der Waals surface area contributed by atoms with Crippen LogP contribution in [0.2, 0.25) is 0 Å². The van der Waals surface area contributed by atoms with Crippen LogP contribution in [0.3, 0.4) is 0 Å². The second-order valence-electron chi connectivity index (χ2n) is 3.68. The van der Waals surface area contributed by atoms with E-state index in [-0.39, 0.29) is 12.6 Å². The van der Waals surface area contributed by atoms with Crippen molar-refractivity contribution in [1.82, 2.24) is 0 Å². The number of rotatable bonds is 3. The first-order chi connectivity index (χ1) is 5.38. The molecule has 0 spiro atoms. The highest BCUT2D eigenvalue weighted by molar-refractivity contribution is 5.75. The minimum Gasteiger partial charge on any atom is -0.462 e. The van der Waals surface area contributed by atoms with Crippen LogP contribution in [-0.4, -0.2) is 35.5 Å². The van der Waals surface area contributed by atoms with Crippen molar-refractivity contribution < 1.29 is 19.7 Å². The van der Waals surface area contributed by atoms with Crippen LogP contribution in [0.15, 0.2) is 0 Å². The van der Waals surface area contributed by atoms with E-state index in [0.29, 0.717) is 0 Å². The molecular formula is C8H16O4. The maximum Gasteiger partial charge on any atom is 0.311 e. The molecule has 0 rings (SSSR count). The molecule has 0 bridgehead atoms. The van der Waals surface area contributed by atoms with Crippen LogP contribution < -0.4 is 0 Å². The average Bonchev–Trinajstić information content (AvgIpc) is 1.97. The molecule has 0 aliphatic rings. The van der Waals surface area contributed by atoms with Crippen molar-refractivity contribution in [1.29, 1.82) is 0 Å². The summed E-state index contributed by atoms with van der Waals surface area (Å²) in [5.41, 5.74) is -0.560. The van der Waals surface area contributed by atoms with E-state index in [9.17, 15) is 4.79 Å². The maximum atomic E-state index is 11.1. The second-order valence-corrected chi connectivity index (χ2v) is 3.68. The van der Waals surface area contributed by atoms with E-state index in [0.717, 1.165) is 0 Å². The Labute approximate surface area is 72.2 Å². The maximum absolute atomic E-state index is 11.1. The highest BCUT2D eigenvalue weighted by Crippen LogP contribution is 2.14. The minimum absolute atomic E-state index is 0.146. The molecule has 0 amide bonds. The Hall–Kier alpha value is -0.610. The second kappa shape index (κ2) is 4.42. The summed E-state index contributed by atoms with van der Waals surface area (Å²) in [5, 5.41) is 17.3. The summed E-state index contributed by atoms with van der Waals surface area (Å²) in [5.74, 6) is -0.380. The lowest BCUT2D eigenvalue weighted by Gasteiger charge is -2.17. The molecule has 4 nitrogen and oxygen atoms in total. The van der Waals surface area contributed by atoms with Crippen LogP contribution in [0.5, 0.6) is 0 Å². The molecule has 0 radical (unpaired) electrons. The molecule has 0 saturated carbocycles. The fourth-order valence-electron chi connectivity index (χ4n) is 0.441. The van der Waals surface area contributed by atoms with E-state index in [2.05, 4.69) is 0 Å². The Morgan fingerprint density at radius 2 is 2.00 bits per heavy atom. The molecule has 0 aromatic heterocycles. The highest BCUT2D eigenvalue weighted by atomic mass is 16.5. The van der Waals surface area contributed by atoms with Crippen LogP contribution in [-0.2, 0) is 9.53 Å². The molecule has 72 valence electrons. The predicted molar refractivity (Wildman–Crippen MR) is 43.5 cm³/mol. The lowest BCUT2D eigenvalue weighted by atomic mass is 9.97. The van der Waals surface area contributed by atoms with Crippen molar-refractivity contribution >= 4 is 5.97 Å². The number of aliphatic hydroxyl groups is 2. The normalized spacial score (nSPS) is 14.1. The van der Waals surface area contributed by atoms with Gasteiger partial charge in [-0.15, -0.1) is 0 Å². The third-order valence-corrected chi connectivity index (χ3v) is 1.23. The van der Waals surface area contributed by atoms with Crippen LogP contribution in [0.25, 0.3) is 0 Å². The van der Waals surface area contributed by atoms with E-state index >= 15 is 0 Å². The summed E-state index contributed by atoms with van der Waals surface area (Å²) in [4.78, 5) is 11.1. The Morgan fingerprint density at radius 1 is 1.50 bits per heavy atom. The number of carbonyl (C=O) groups is 1. The molecule has 1 atom stereocenters. The molecule has 0 fully saturated rings. The first-order valence-electron chi connectivity index (χ1n) is 3.84. The van der Waals surface area contributed by atoms with Crippen LogP contribution in [0.4, 0.5) is 0 Å². The fourth-order valence-corrected chi connectivity index (χ4v) is 0.441. The zero-order valence-corrected chi connectivity index (χ0v) is 7.70. The monoisotopic (exact) mass is 176 g/mol. The summed E-state index contributed by atoms with van der Waals surface area (Å²) in [6.07, 6.45) is -0.976. The smallest absolute Gasteiger partial charge is 0.311 e. The predicted octanol–water partition coefficient (Wildman–Crippen LogP) is -0.0711. The molecule has 0 aliphatic carbocycles. The van der Waals surface area contributed by atoms with Crippen molar-refractivity contribution in [3.8, 4) is 0 Å². The van der Waals surface area contributed by atoms with Crippen molar-refractivity contribution in [2.75, 3.05) is 13.2 Å². The Morgan fingerprint density at radius 3 is 2.33 bits per heavy atom. The van der Waals surface area contributed by atoms with Gasteiger partial charge in [0.25, 0.3) is 0 Å². The molecule has 0 saturated heterocycles. The number of ether oxygens (including phenoxy) is 1. The summed E-state index contributed by atoms with van der Waals surface area (Å²) >= 11 is 0. The molecule has 12 heavy (non-hydrogen) atoms. The Balaban J connectivity index is 3.73. The van der Waals surface area contributed by atoms with Gasteiger partial charge in [-0.1, -0.05) is 0 Å². The largest absolute Gasteiger partial charge is 0.462 e. The van der Waals surface area contributed by atoms with E-state index in [4.69, 9.17) is 14.9 Å². The number of esters is 1. The fraction of sp³-hybridized carbons (Fsp3) is 0.875. The van der Waals surface area contributed by atoms with Gasteiger partial charge in [0.2, 0.25) is 0 Å². The highest BCUT2D eigenvalue weighted by Gasteiger charge is 2.23. The van der Waals surface area contributed by atoms with Crippen molar-refractivity contribution in [2.24, 2.45) is 5.41 Å². The summed E-state index contributed by atoms with van der Waals surface area (Å²) in [6, 6.07) is 0. The van der Waals surface area contributed by atoms with Crippen LogP contribution >= 0.6 is 0 Å². The van der Waals surface area contributed by atoms with Gasteiger partial charge in [0, 0.05) is 0 Å². The zero-order valence-electron chi connectivity index (χ0n) is 7.70. The van der Waals surface area contributed by atoms with Gasteiger partial charge in [0.15, 0.2) is 0 Å². The topological polar surface area (TPSA) is 66.8 Å². The van der Waals surface area contributed by atoms with Crippen LogP contribution in [0, 0.1) is 5.41 Å². The molecule has 0 aromatic carbocycles. The van der Waals surface area contributed by atoms with Crippen molar-refractivity contribution in [2.45, 2.75) is 26.9 Å². The standard InChI is InChI=1S/C8H16O4/c1-8(2,3)7(11)12-5-6(10)4-9/h6,9-10H,4-5H2,1-3H3/t6-/m1/s1. The molecular weight excluding hydrogens is 160 g/mol. The van der Waals surface area contributed by atoms with Crippen molar-refractivity contribution in [3.05, 3.63) is 0 Å². The van der Waals surface area contributed by atoms with Gasteiger partial charge in [-0.3, -0.25) is 4.79 Å². The van der Waals surface area contributed by atoms with Crippen LogP contribution in [0.1, 0.15) is 20.8 Å². The van der Waals surface area contributed by atoms with E-state index in [1.807, 2.05) is 0 Å². The first kappa shape index (κ1) is 11.4. The zero-order chi connectivity index (χ0) is 9.78. The summed E-state index contributed by atoms with van der Waals surface area (Å²) in [6.45, 7) is 4.63. The number of hydrogen-bond acceptors (Lipinski definition) is 4. The Kier molecular flexibility index (Phi) is 4.20. The van der Waals surface area contributed by atoms with Gasteiger partial charge in [0.1, 0.15) is 12.7 Å². The van der Waals surface area contributed by atoms with Gasteiger partial charge >= 0.3 is 5.97 Å². The van der Waals surface area contributed by atoms with E-state index < -0.39 is 18.1 Å². The van der Waals surface area contributed by atoms with Gasteiger partial charge in [-0.2, -0.15) is 0 Å². The summed E-state index contributed by atoms with van der Waals surface area (Å²) < 4.78 is 4.71. The lowest BCUT2D eigenvalue weighted by molar-refractivity contribution is -0.156. The van der Waals surface area contributed by atoms with Gasteiger partial charge < -0.3 is 14.9 Å². The van der Waals surface area contributed by atoms with Gasteiger partial charge in [-0.25, -0.2) is 0 Å². The van der Waals surface area contributed by atoms with Gasteiger partial charge in [0.05, 0.1) is 12.0 Å². The van der Waals surface area contributed by atoms with E-state index in [1.54, 1.807) is 20.8 Å². The SMILES string of the molecule is CC(C)(C)C(=O)OC[C@H](O)CO. The molecule has 2 N–H and O–H groups in total. The third kappa shape index (κ3) is 4.31. The molecule has 0 aromatic rings. The number of hydrogen-bond donors (Lipinski definition) is 2. The van der Waals surface area contributed by atoms with Crippen molar-refractivity contribution in [3.63, 3.8) is 0 Å². The quantitative estimate of drug-likeness (QED) is 0.591. The molecule has 0 aliphatic heterocycles. The third-order valence-electron chi connectivity index (χ3n) is 1.23. The minimum atomic E-state index is -0.976. The number of aliphatic hydroxyl groups excluding tert-OH is 2. The lowest BCUT2D eigenvalue weighted by Crippen LogP contribution is -2.28. The average molecular weight is 176 g/mol. The molecule has 4 heteroatoms. The molecule has 0 heterocycles. The number of carbonyl (C=O) groups excluding carboxylic acids is 1. The van der Waals surface area contributed by atoms with Gasteiger partial charge in [-0.05, 0) is 20.8 Å². The van der Waals surface area contributed by atoms with E-state index in [1.165, 1.54) is 0 Å². The molecule has 0 unspecified atom stereocenters.